The van der Waals surface area contributed by atoms with Gasteiger partial charge in [-0.1, -0.05) is 19.9 Å². The van der Waals surface area contributed by atoms with Gasteiger partial charge < -0.3 is 15.6 Å². The smallest absolute Gasteiger partial charge is 0.162 e. The van der Waals surface area contributed by atoms with Crippen molar-refractivity contribution < 1.29 is 14.6 Å². The number of aromatic hydroxyl groups is 1. The van der Waals surface area contributed by atoms with E-state index < -0.39 is 5.92 Å². The van der Waals surface area contributed by atoms with Gasteiger partial charge in [0.1, 0.15) is 5.82 Å². The van der Waals surface area contributed by atoms with Crippen LogP contribution in [-0.2, 0) is 4.79 Å². The zero-order chi connectivity index (χ0) is 22.3. The summed E-state index contributed by atoms with van der Waals surface area (Å²) in [5.74, 6) is -0.117. The van der Waals surface area contributed by atoms with Crippen molar-refractivity contribution in [3.8, 4) is 17.6 Å². The van der Waals surface area contributed by atoms with Crippen molar-refractivity contribution in [3.05, 3.63) is 71.0 Å². The van der Waals surface area contributed by atoms with Gasteiger partial charge in [0.25, 0.3) is 0 Å². The lowest BCUT2D eigenvalue weighted by Gasteiger charge is -2.43. The number of nitrogens with zero attached hydrogens (tertiary/aromatic N) is 3. The van der Waals surface area contributed by atoms with Crippen molar-refractivity contribution in [1.29, 1.82) is 5.26 Å². The first kappa shape index (κ1) is 20.5. The molecule has 0 radical (unpaired) electrons. The molecule has 2 heterocycles. The summed E-state index contributed by atoms with van der Waals surface area (Å²) in [7, 11) is 1.46. The van der Waals surface area contributed by atoms with Crippen LogP contribution in [0, 0.1) is 16.7 Å². The van der Waals surface area contributed by atoms with E-state index in [1.807, 2.05) is 6.07 Å². The Hall–Kier alpha value is -3.79. The molecule has 0 unspecified atom stereocenters. The minimum absolute atomic E-state index is 0.0141. The number of benzene rings is 1. The number of Topliss-reactive ketones (excluding diaryl/α,β-unsaturated/α-hetero) is 1. The fourth-order valence-electron chi connectivity index (χ4n) is 4.50. The Morgan fingerprint density at radius 3 is 2.74 bits per heavy atom. The molecule has 7 heteroatoms. The molecule has 158 valence electrons. The Morgan fingerprint density at radius 1 is 1.32 bits per heavy atom. The van der Waals surface area contributed by atoms with Gasteiger partial charge >= 0.3 is 0 Å². The van der Waals surface area contributed by atoms with Crippen molar-refractivity contribution >= 4 is 11.5 Å². The second-order valence-electron chi connectivity index (χ2n) is 8.62. The molecule has 2 aromatic rings. The van der Waals surface area contributed by atoms with Crippen molar-refractivity contribution in [2.75, 3.05) is 12.0 Å². The minimum Gasteiger partial charge on any atom is -0.504 e. The van der Waals surface area contributed by atoms with E-state index in [9.17, 15) is 15.2 Å². The lowest BCUT2D eigenvalue weighted by molar-refractivity contribution is -0.118. The number of rotatable bonds is 3. The highest BCUT2D eigenvalue weighted by Gasteiger charge is 2.44. The number of hydrogen-bond acceptors (Lipinski definition) is 7. The summed E-state index contributed by atoms with van der Waals surface area (Å²) in [5, 5.41) is 20.1. The van der Waals surface area contributed by atoms with E-state index in [1.165, 1.54) is 13.2 Å². The van der Waals surface area contributed by atoms with Crippen LogP contribution in [-0.4, -0.2) is 23.0 Å². The molecule has 1 aromatic heterocycles. The summed E-state index contributed by atoms with van der Waals surface area (Å²) in [6.45, 7) is 4.10. The number of pyridine rings is 1. The fraction of sp³-hybridized carbons (Fsp3) is 0.292. The Kier molecular flexibility index (Phi) is 4.94. The zero-order valence-electron chi connectivity index (χ0n) is 17.7. The van der Waals surface area contributed by atoms with E-state index in [0.29, 0.717) is 29.7 Å². The van der Waals surface area contributed by atoms with Crippen LogP contribution in [0.4, 0.5) is 5.69 Å². The fourth-order valence-corrected chi connectivity index (χ4v) is 4.50. The van der Waals surface area contributed by atoms with Crippen LogP contribution in [0.15, 0.2) is 65.4 Å². The molecule has 7 nitrogen and oxygen atoms in total. The number of carbonyl (C=O) groups is 1. The molecule has 2 aliphatic rings. The van der Waals surface area contributed by atoms with Crippen molar-refractivity contribution in [2.45, 2.75) is 32.6 Å². The molecule has 0 spiro atoms. The van der Waals surface area contributed by atoms with E-state index in [0.717, 1.165) is 5.70 Å². The Balaban J connectivity index is 2.00. The van der Waals surface area contributed by atoms with Crippen LogP contribution < -0.4 is 15.4 Å². The lowest BCUT2D eigenvalue weighted by Crippen LogP contribution is -2.42. The number of aromatic nitrogens is 1. The molecule has 1 atom stereocenters. The molecule has 0 saturated heterocycles. The first-order valence-electron chi connectivity index (χ1n) is 10.0. The van der Waals surface area contributed by atoms with Gasteiger partial charge in [0.15, 0.2) is 17.3 Å². The normalized spacial score (nSPS) is 20.4. The molecular weight excluding hydrogens is 392 g/mol. The lowest BCUT2D eigenvalue weighted by atomic mass is 9.68. The second kappa shape index (κ2) is 7.47. The van der Waals surface area contributed by atoms with E-state index in [1.54, 1.807) is 35.5 Å². The van der Waals surface area contributed by atoms with Gasteiger partial charge in [0, 0.05) is 23.9 Å². The largest absolute Gasteiger partial charge is 0.504 e. The Morgan fingerprint density at radius 2 is 2.10 bits per heavy atom. The third-order valence-electron chi connectivity index (χ3n) is 5.82. The molecule has 1 aromatic carbocycles. The van der Waals surface area contributed by atoms with E-state index >= 15 is 0 Å². The molecule has 1 aliphatic carbocycles. The Labute approximate surface area is 181 Å². The van der Waals surface area contributed by atoms with Gasteiger partial charge in [0.2, 0.25) is 0 Å². The standard InChI is InChI=1S/C24H24N4O3/c1-24(2)10-17-22(19(30)11-24)21(14-6-7-18(29)20(9-14)31-3)16(12-25)23(26)28(17)15-5-4-8-27-13-15/h4-9,13,21,29H,10-11,26H2,1-3H3/t21-/m0/s1. The van der Waals surface area contributed by atoms with Gasteiger partial charge in [-0.05, 0) is 41.7 Å². The predicted octanol–water partition coefficient (Wildman–Crippen LogP) is 3.74. The highest BCUT2D eigenvalue weighted by Crippen LogP contribution is 2.50. The number of hydrogen-bond donors (Lipinski definition) is 2. The highest BCUT2D eigenvalue weighted by atomic mass is 16.5. The number of nitrogens with two attached hydrogens (primary N) is 1. The average molecular weight is 416 g/mol. The first-order valence-corrected chi connectivity index (χ1v) is 10.0. The molecular formula is C24H24N4O3. The van der Waals surface area contributed by atoms with Crippen LogP contribution in [0.25, 0.3) is 0 Å². The second-order valence-corrected chi connectivity index (χ2v) is 8.62. The molecule has 0 bridgehead atoms. The maximum atomic E-state index is 13.4. The SMILES string of the molecule is COc1cc([C@H]2C(C#N)=C(N)N(c3cccnc3)C3=C2C(=O)CC(C)(C)C3)ccc1O. The van der Waals surface area contributed by atoms with Crippen molar-refractivity contribution in [1.82, 2.24) is 4.98 Å². The summed E-state index contributed by atoms with van der Waals surface area (Å²) in [5.41, 5.74) is 9.30. The number of carbonyl (C=O) groups excluding carboxylic acids is 1. The molecule has 0 fully saturated rings. The minimum atomic E-state index is -0.633. The van der Waals surface area contributed by atoms with E-state index in [-0.39, 0.29) is 34.1 Å². The van der Waals surface area contributed by atoms with E-state index in [4.69, 9.17) is 10.5 Å². The summed E-state index contributed by atoms with van der Waals surface area (Å²) in [6, 6.07) is 10.7. The predicted molar refractivity (Wildman–Crippen MR) is 116 cm³/mol. The van der Waals surface area contributed by atoms with Crippen LogP contribution >= 0.6 is 0 Å². The van der Waals surface area contributed by atoms with Crippen LogP contribution in [0.1, 0.15) is 38.2 Å². The summed E-state index contributed by atoms with van der Waals surface area (Å²) in [4.78, 5) is 19.4. The van der Waals surface area contributed by atoms with E-state index in [2.05, 4.69) is 24.9 Å². The van der Waals surface area contributed by atoms with Gasteiger partial charge in [-0.2, -0.15) is 5.26 Å². The third-order valence-corrected chi connectivity index (χ3v) is 5.82. The molecule has 0 saturated carbocycles. The average Bonchev–Trinajstić information content (AvgIpc) is 2.73. The van der Waals surface area contributed by atoms with Crippen LogP contribution in [0.2, 0.25) is 0 Å². The maximum Gasteiger partial charge on any atom is 0.162 e. The van der Waals surface area contributed by atoms with Gasteiger partial charge in [-0.15, -0.1) is 0 Å². The highest BCUT2D eigenvalue weighted by molar-refractivity contribution is 6.01. The Bertz CT molecular complexity index is 1160. The topological polar surface area (TPSA) is 112 Å². The van der Waals surface area contributed by atoms with Crippen molar-refractivity contribution in [3.63, 3.8) is 0 Å². The quantitative estimate of drug-likeness (QED) is 0.784. The zero-order valence-corrected chi connectivity index (χ0v) is 17.7. The molecule has 4 rings (SSSR count). The van der Waals surface area contributed by atoms with Gasteiger partial charge in [-0.25, -0.2) is 0 Å². The number of methoxy groups -OCH3 is 1. The number of allylic oxidation sites excluding steroid dienone is 3. The number of ether oxygens (including phenoxy) is 1. The first-order chi connectivity index (χ1) is 14.8. The van der Waals surface area contributed by atoms with Crippen LogP contribution in [0.3, 0.4) is 0 Å². The third kappa shape index (κ3) is 3.40. The van der Waals surface area contributed by atoms with Gasteiger partial charge in [-0.3, -0.25) is 14.7 Å². The monoisotopic (exact) mass is 416 g/mol. The number of ketones is 1. The van der Waals surface area contributed by atoms with Gasteiger partial charge in [0.05, 0.1) is 36.6 Å². The summed E-state index contributed by atoms with van der Waals surface area (Å²) >= 11 is 0. The summed E-state index contributed by atoms with van der Waals surface area (Å²) < 4.78 is 5.26. The number of phenols is 1. The van der Waals surface area contributed by atoms with Crippen LogP contribution in [0.5, 0.6) is 11.5 Å². The number of phenolic OH excluding ortho intramolecular Hbond substituents is 1. The molecule has 1 aliphatic heterocycles. The molecule has 31 heavy (non-hydrogen) atoms. The maximum absolute atomic E-state index is 13.4. The molecule has 0 amide bonds. The number of anilines is 1. The number of nitriles is 1. The van der Waals surface area contributed by atoms with Crippen molar-refractivity contribution in [2.24, 2.45) is 11.1 Å². The summed E-state index contributed by atoms with van der Waals surface area (Å²) in [6.07, 6.45) is 4.32. The molecule has 3 N–H and O–H groups in total.